The Labute approximate surface area is 88.2 Å². The first kappa shape index (κ1) is 13.9. The number of carboxylic acid groups (broad SMARTS) is 1. The number of hydrogen-bond acceptors (Lipinski definition) is 4. The van der Waals surface area contributed by atoms with E-state index in [1.807, 2.05) is 6.92 Å². The van der Waals surface area contributed by atoms with Crippen LogP contribution < -0.4 is 5.32 Å². The van der Waals surface area contributed by atoms with Crippen LogP contribution in [0.15, 0.2) is 0 Å². The van der Waals surface area contributed by atoms with E-state index in [1.54, 1.807) is 0 Å². The van der Waals surface area contributed by atoms with Gasteiger partial charge in [-0.1, -0.05) is 0 Å². The molecule has 0 bridgehead atoms. The summed E-state index contributed by atoms with van der Waals surface area (Å²) >= 11 is 0. The van der Waals surface area contributed by atoms with Crippen molar-refractivity contribution in [3.8, 4) is 0 Å². The summed E-state index contributed by atoms with van der Waals surface area (Å²) in [7, 11) is 0. The van der Waals surface area contributed by atoms with Crippen LogP contribution in [0.2, 0.25) is 0 Å². The maximum atomic E-state index is 11.1. The molecule has 0 saturated carbocycles. The second-order valence-corrected chi connectivity index (χ2v) is 2.94. The van der Waals surface area contributed by atoms with Crippen molar-refractivity contribution < 1.29 is 24.5 Å². The highest BCUT2D eigenvalue weighted by Gasteiger charge is 2.17. The first-order valence-corrected chi connectivity index (χ1v) is 4.82. The molecule has 0 fully saturated rings. The summed E-state index contributed by atoms with van der Waals surface area (Å²) < 4.78 is 5.02. The van der Waals surface area contributed by atoms with Crippen LogP contribution in [0, 0.1) is 0 Å². The number of hydrogen-bond donors (Lipinski definition) is 3. The van der Waals surface area contributed by atoms with Gasteiger partial charge in [0.25, 0.3) is 0 Å². The Hall–Kier alpha value is -1.14. The van der Waals surface area contributed by atoms with Gasteiger partial charge in [-0.3, -0.25) is 4.79 Å². The summed E-state index contributed by atoms with van der Waals surface area (Å²) in [5, 5.41) is 19.4. The number of nitrogens with one attached hydrogen (secondary N) is 1. The van der Waals surface area contributed by atoms with Crippen LogP contribution in [0.5, 0.6) is 0 Å². The molecule has 1 atom stereocenters. The van der Waals surface area contributed by atoms with E-state index in [0.717, 1.165) is 0 Å². The van der Waals surface area contributed by atoms with Gasteiger partial charge in [-0.2, -0.15) is 0 Å². The fraction of sp³-hybridized carbons (Fsp3) is 0.778. The minimum atomic E-state index is -1.24. The zero-order valence-corrected chi connectivity index (χ0v) is 8.73. The van der Waals surface area contributed by atoms with Crippen LogP contribution in [-0.4, -0.2) is 48.0 Å². The summed E-state index contributed by atoms with van der Waals surface area (Å²) in [6.07, 6.45) is 0.737. The number of carbonyl (C=O) groups is 2. The highest BCUT2D eigenvalue weighted by Crippen LogP contribution is 1.92. The van der Waals surface area contributed by atoms with Crippen molar-refractivity contribution in [2.45, 2.75) is 25.8 Å². The molecule has 0 aromatic heterocycles. The van der Waals surface area contributed by atoms with Crippen molar-refractivity contribution >= 4 is 11.9 Å². The number of aliphatic carboxylic acids is 1. The third kappa shape index (κ3) is 6.87. The number of rotatable bonds is 8. The molecule has 15 heavy (non-hydrogen) atoms. The summed E-state index contributed by atoms with van der Waals surface area (Å²) in [5.41, 5.74) is 0. The molecule has 88 valence electrons. The standard InChI is InChI=1S/C9H17NO5/c1-2-15-5-3-4-8(12)10-7(6-11)9(13)14/h7,11H,2-6H2,1H3,(H,10,12)(H,13,14)/t7-/m0/s1. The van der Waals surface area contributed by atoms with Crippen LogP contribution in [-0.2, 0) is 14.3 Å². The van der Waals surface area contributed by atoms with E-state index >= 15 is 0 Å². The molecular formula is C9H17NO5. The van der Waals surface area contributed by atoms with Crippen molar-refractivity contribution in [1.29, 1.82) is 0 Å². The van der Waals surface area contributed by atoms with Gasteiger partial charge in [-0.25, -0.2) is 4.79 Å². The lowest BCUT2D eigenvalue weighted by Crippen LogP contribution is -2.43. The fourth-order valence-electron chi connectivity index (χ4n) is 0.931. The minimum Gasteiger partial charge on any atom is -0.480 e. The molecular weight excluding hydrogens is 202 g/mol. The molecule has 0 unspecified atom stereocenters. The van der Waals surface area contributed by atoms with Crippen LogP contribution in [0.3, 0.4) is 0 Å². The van der Waals surface area contributed by atoms with Gasteiger partial charge in [0.05, 0.1) is 6.61 Å². The number of aliphatic hydroxyl groups is 1. The smallest absolute Gasteiger partial charge is 0.328 e. The van der Waals surface area contributed by atoms with Crippen molar-refractivity contribution in [3.63, 3.8) is 0 Å². The van der Waals surface area contributed by atoms with Crippen LogP contribution in [0.1, 0.15) is 19.8 Å². The van der Waals surface area contributed by atoms with Gasteiger partial charge in [0.2, 0.25) is 5.91 Å². The van der Waals surface area contributed by atoms with E-state index in [2.05, 4.69) is 5.32 Å². The predicted octanol–water partition coefficient (Wildman–Crippen LogP) is -0.635. The molecule has 0 radical (unpaired) electrons. The van der Waals surface area contributed by atoms with Gasteiger partial charge in [-0.05, 0) is 13.3 Å². The Morgan fingerprint density at radius 3 is 2.60 bits per heavy atom. The molecule has 0 heterocycles. The Morgan fingerprint density at radius 2 is 2.13 bits per heavy atom. The number of carbonyl (C=O) groups excluding carboxylic acids is 1. The van der Waals surface area contributed by atoms with Gasteiger partial charge in [0.1, 0.15) is 6.04 Å². The molecule has 1 amide bonds. The quantitative estimate of drug-likeness (QED) is 0.472. The lowest BCUT2D eigenvalue weighted by atomic mass is 10.2. The van der Waals surface area contributed by atoms with Crippen LogP contribution in [0.4, 0.5) is 0 Å². The first-order valence-electron chi connectivity index (χ1n) is 4.82. The van der Waals surface area contributed by atoms with Gasteiger partial charge < -0.3 is 20.3 Å². The van der Waals surface area contributed by atoms with Gasteiger partial charge in [0, 0.05) is 19.6 Å². The SMILES string of the molecule is CCOCCCC(=O)N[C@@H](CO)C(=O)O. The maximum Gasteiger partial charge on any atom is 0.328 e. The average molecular weight is 219 g/mol. The topological polar surface area (TPSA) is 95.9 Å². The minimum absolute atomic E-state index is 0.198. The lowest BCUT2D eigenvalue weighted by molar-refractivity contribution is -0.143. The van der Waals surface area contributed by atoms with Gasteiger partial charge in [0.15, 0.2) is 0 Å². The summed E-state index contributed by atoms with van der Waals surface area (Å²) in [6.45, 7) is 2.32. The predicted molar refractivity (Wildman–Crippen MR) is 52.4 cm³/mol. The first-order chi connectivity index (χ1) is 7.11. The van der Waals surface area contributed by atoms with Crippen LogP contribution in [0.25, 0.3) is 0 Å². The monoisotopic (exact) mass is 219 g/mol. The van der Waals surface area contributed by atoms with Gasteiger partial charge in [-0.15, -0.1) is 0 Å². The molecule has 3 N–H and O–H groups in total. The van der Waals surface area contributed by atoms with Gasteiger partial charge >= 0.3 is 5.97 Å². The van der Waals surface area contributed by atoms with E-state index in [-0.39, 0.29) is 6.42 Å². The molecule has 6 nitrogen and oxygen atoms in total. The van der Waals surface area contributed by atoms with Crippen molar-refractivity contribution in [1.82, 2.24) is 5.32 Å². The number of carboxylic acids is 1. The molecule has 0 aliphatic carbocycles. The van der Waals surface area contributed by atoms with Crippen molar-refractivity contribution in [2.75, 3.05) is 19.8 Å². The molecule has 0 aromatic rings. The Kier molecular flexibility index (Phi) is 7.57. The molecule has 0 rings (SSSR count). The average Bonchev–Trinajstić information content (AvgIpc) is 2.20. The summed E-state index contributed by atoms with van der Waals surface area (Å²) in [4.78, 5) is 21.6. The van der Waals surface area contributed by atoms with E-state index in [0.29, 0.717) is 19.6 Å². The van der Waals surface area contributed by atoms with Crippen LogP contribution >= 0.6 is 0 Å². The number of amides is 1. The molecule has 6 heteroatoms. The number of aliphatic hydroxyl groups excluding tert-OH is 1. The maximum absolute atomic E-state index is 11.1. The van der Waals surface area contributed by atoms with E-state index in [9.17, 15) is 9.59 Å². The van der Waals surface area contributed by atoms with Crippen molar-refractivity contribution in [2.24, 2.45) is 0 Å². The molecule has 0 aliphatic heterocycles. The molecule has 0 aromatic carbocycles. The highest BCUT2D eigenvalue weighted by atomic mass is 16.5. The van der Waals surface area contributed by atoms with Crippen molar-refractivity contribution in [3.05, 3.63) is 0 Å². The Bertz CT molecular complexity index is 207. The second-order valence-electron chi connectivity index (χ2n) is 2.94. The summed E-state index contributed by atoms with van der Waals surface area (Å²) in [5.74, 6) is -1.63. The normalized spacial score (nSPS) is 12.1. The zero-order valence-electron chi connectivity index (χ0n) is 8.73. The zero-order chi connectivity index (χ0) is 11.7. The van der Waals surface area contributed by atoms with E-state index in [1.165, 1.54) is 0 Å². The third-order valence-electron chi connectivity index (χ3n) is 1.71. The second kappa shape index (κ2) is 8.19. The highest BCUT2D eigenvalue weighted by molar-refractivity contribution is 5.83. The number of ether oxygens (including phenoxy) is 1. The molecule has 0 spiro atoms. The Morgan fingerprint density at radius 1 is 1.47 bits per heavy atom. The summed E-state index contributed by atoms with van der Waals surface area (Å²) in [6, 6.07) is -1.22. The largest absolute Gasteiger partial charge is 0.480 e. The Balaban J connectivity index is 3.67. The fourth-order valence-corrected chi connectivity index (χ4v) is 0.931. The van der Waals surface area contributed by atoms with E-state index < -0.39 is 24.5 Å². The van der Waals surface area contributed by atoms with E-state index in [4.69, 9.17) is 14.9 Å². The lowest BCUT2D eigenvalue weighted by Gasteiger charge is -2.11. The molecule has 0 saturated heterocycles. The third-order valence-corrected chi connectivity index (χ3v) is 1.71. The molecule has 0 aliphatic rings.